The minimum Gasteiger partial charge on any atom is -0.481 e. The highest BCUT2D eigenvalue weighted by Gasteiger charge is 2.23. The van der Waals surface area contributed by atoms with Crippen LogP contribution in [0.5, 0.6) is 5.88 Å². The van der Waals surface area contributed by atoms with E-state index in [1.807, 2.05) is 122 Å². The van der Waals surface area contributed by atoms with Crippen molar-refractivity contribution in [2.45, 2.75) is 132 Å². The first-order valence-electron chi connectivity index (χ1n) is 36.4. The number of fused-ring (bicyclic) bond motifs is 4. The van der Waals surface area contributed by atoms with E-state index < -0.39 is 0 Å². The number of aryl methyl sites for hydroxylation is 4. The van der Waals surface area contributed by atoms with Crippen molar-refractivity contribution in [2.24, 2.45) is 0 Å². The van der Waals surface area contributed by atoms with Crippen LogP contribution in [-0.2, 0) is 30.4 Å². The number of hydrogen-bond donors (Lipinski definition) is 6. The van der Waals surface area contributed by atoms with Crippen molar-refractivity contribution in [3.63, 3.8) is 0 Å². The number of aromatic nitrogens is 20. The quantitative estimate of drug-likeness (QED) is 0.0389. The van der Waals surface area contributed by atoms with Crippen LogP contribution in [0.2, 0.25) is 0 Å². The normalized spacial score (nSPS) is 12.3. The average Bonchev–Trinajstić information content (AvgIpc) is 1.67. The molecule has 7 N–H and O–H groups in total. The van der Waals surface area contributed by atoms with Crippen LogP contribution in [0.15, 0.2) is 158 Å². The largest absolute Gasteiger partial charge is 0.481 e. The van der Waals surface area contributed by atoms with Crippen LogP contribution in [0, 0.1) is 27.7 Å². The maximum absolute atomic E-state index is 11.7. The Morgan fingerprint density at radius 2 is 0.874 bits per heavy atom. The molecule has 568 valence electrons. The predicted molar refractivity (Wildman–Crippen MR) is 443 cm³/mol. The van der Waals surface area contributed by atoms with Gasteiger partial charge in [-0.2, -0.15) is 17.5 Å². The molecule has 1 fully saturated rings. The fourth-order valence-corrected chi connectivity index (χ4v) is 15.6. The summed E-state index contributed by atoms with van der Waals surface area (Å²) in [4.78, 5) is 70.0. The molecule has 0 saturated carbocycles. The van der Waals surface area contributed by atoms with Gasteiger partial charge in [0.2, 0.25) is 11.4 Å². The van der Waals surface area contributed by atoms with Crippen LogP contribution in [-0.4, -0.2) is 140 Å². The van der Waals surface area contributed by atoms with Crippen molar-refractivity contribution in [2.75, 3.05) is 47.3 Å². The zero-order valence-corrected chi connectivity index (χ0v) is 66.6. The lowest BCUT2D eigenvalue weighted by atomic mass is 10.1. The van der Waals surface area contributed by atoms with E-state index in [-0.39, 0.29) is 23.7 Å². The number of nitrogens with zero attached hydrogens (tertiary/aromatic N) is 19. The first-order valence-corrected chi connectivity index (χ1v) is 39.5. The van der Waals surface area contributed by atoms with Gasteiger partial charge < -0.3 is 59.7 Å². The minimum absolute atomic E-state index is 0.147. The summed E-state index contributed by atoms with van der Waals surface area (Å²) in [5, 5.41) is 14.0. The summed E-state index contributed by atoms with van der Waals surface area (Å²) in [7, 11) is 1.61. The van der Waals surface area contributed by atoms with Gasteiger partial charge in [-0.3, -0.25) is 9.78 Å². The fourth-order valence-electron chi connectivity index (χ4n) is 12.7. The van der Waals surface area contributed by atoms with E-state index in [4.69, 9.17) is 55.1 Å². The first-order chi connectivity index (χ1) is 53.8. The molecule has 0 unspecified atom stereocenters. The van der Waals surface area contributed by atoms with Crippen LogP contribution in [0.25, 0.3) is 66.9 Å². The van der Waals surface area contributed by atoms with Crippen LogP contribution < -0.4 is 37.3 Å². The van der Waals surface area contributed by atoms with E-state index >= 15 is 0 Å². The first kappa shape index (κ1) is 76.0. The second-order valence-corrected chi connectivity index (χ2v) is 31.2. The lowest BCUT2D eigenvalue weighted by Crippen LogP contribution is -2.28. The molecular formula is C79H85N25O3S4. The van der Waals surface area contributed by atoms with Gasteiger partial charge in [0.25, 0.3) is 0 Å². The van der Waals surface area contributed by atoms with E-state index in [0.29, 0.717) is 43.4 Å². The Morgan fingerprint density at radius 3 is 1.26 bits per heavy atom. The van der Waals surface area contributed by atoms with Gasteiger partial charge in [0.15, 0.2) is 23.3 Å². The van der Waals surface area contributed by atoms with Gasteiger partial charge in [-0.15, -0.1) is 0 Å². The fraction of sp³-hybridized carbons (Fsp3) is 0.291. The smallest absolute Gasteiger partial charge is 0.250 e. The van der Waals surface area contributed by atoms with Crippen molar-refractivity contribution in [3.8, 4) is 28.6 Å². The van der Waals surface area contributed by atoms with Crippen molar-refractivity contribution in [1.82, 2.24) is 95.6 Å². The average molecular weight is 1560 g/mol. The van der Waals surface area contributed by atoms with Crippen molar-refractivity contribution >= 4 is 119 Å². The van der Waals surface area contributed by atoms with Gasteiger partial charge in [-0.1, -0.05) is 0 Å². The summed E-state index contributed by atoms with van der Waals surface area (Å²) in [5.74, 6) is 7.44. The number of rotatable bonds is 21. The maximum Gasteiger partial charge on any atom is 0.250 e. The van der Waals surface area contributed by atoms with Crippen molar-refractivity contribution in [1.29, 1.82) is 0 Å². The van der Waals surface area contributed by atoms with E-state index in [0.717, 1.165) is 177 Å². The molecule has 0 amide bonds. The molecule has 1 aliphatic heterocycles. The number of hydrogen-bond acceptors (Lipinski definition) is 27. The molecule has 0 bridgehead atoms. The van der Waals surface area contributed by atoms with E-state index in [9.17, 15) is 4.79 Å². The molecule has 1 aliphatic rings. The lowest BCUT2D eigenvalue weighted by Gasteiger charge is -2.24. The molecular weight excluding hydrogens is 1480 g/mol. The highest BCUT2D eigenvalue weighted by molar-refractivity contribution is 7.06. The molecule has 28 nitrogen and oxygen atoms in total. The molecule has 16 aromatic rings. The molecule has 17 heterocycles. The Balaban J connectivity index is 0.000000123. The van der Waals surface area contributed by atoms with Gasteiger partial charge in [-0.25, -0.2) is 49.8 Å². The molecule has 16 aromatic heterocycles. The van der Waals surface area contributed by atoms with E-state index in [1.165, 1.54) is 51.0 Å². The summed E-state index contributed by atoms with van der Waals surface area (Å²) in [6.45, 7) is 22.1. The third-order valence-electron chi connectivity index (χ3n) is 17.4. The number of H-pyrrole nitrogens is 1. The predicted octanol–water partition coefficient (Wildman–Crippen LogP) is 14.6. The Kier molecular flexibility index (Phi) is 23.5. The molecule has 32 heteroatoms. The summed E-state index contributed by atoms with van der Waals surface area (Å²) >= 11 is 5.99. The number of anilines is 5. The Bertz CT molecular complexity index is 5900. The molecule has 0 spiro atoms. The maximum atomic E-state index is 11.7. The Labute approximate surface area is 656 Å². The van der Waals surface area contributed by atoms with Crippen LogP contribution in [0.4, 0.5) is 29.1 Å². The number of pyridine rings is 4. The summed E-state index contributed by atoms with van der Waals surface area (Å²) in [6, 6.07) is 32.4. The summed E-state index contributed by atoms with van der Waals surface area (Å²) < 4.78 is 36.4. The third-order valence-corrected chi connectivity index (χ3v) is 20.9. The van der Waals surface area contributed by atoms with E-state index in [2.05, 4.69) is 134 Å². The SMILES string of the molecule is COc1cc(-n2ccc3nc(Cc4cc(C)ns4)nc(NC(C)C)c32)ccn1.Cc1cc(Cc2nc(NC(C)C)c3c(ccn3-c3cc[nH]c(=O)c3)n2)sn1.Cc1cc(Cc2nc(NC(C)C)c3c(ccn3-c3ccc(N)nc3)n2)sn1.Cc1cc(Cc2nc(NC3CCOCC3)c3c(ccn3-c3ccncc3)n2)sn1. The van der Waals surface area contributed by atoms with Gasteiger partial charge in [0.05, 0.1) is 75.2 Å². The number of nitrogens with one attached hydrogen (secondary N) is 5. The topological polar surface area (TPSA) is 339 Å². The number of nitrogen functional groups attached to an aromatic ring is 1. The monoisotopic (exact) mass is 1560 g/mol. The lowest BCUT2D eigenvalue weighted by molar-refractivity contribution is 0.0904. The van der Waals surface area contributed by atoms with Crippen molar-refractivity contribution < 1.29 is 9.47 Å². The molecule has 111 heavy (non-hydrogen) atoms. The Hall–Kier alpha value is -11.8. The van der Waals surface area contributed by atoms with Crippen LogP contribution in [0.3, 0.4) is 0 Å². The molecule has 0 aromatic carbocycles. The van der Waals surface area contributed by atoms with Crippen LogP contribution >= 0.6 is 46.1 Å². The summed E-state index contributed by atoms with van der Waals surface area (Å²) in [6.07, 6.45) is 21.3. The zero-order valence-electron chi connectivity index (χ0n) is 63.3. The molecule has 0 atom stereocenters. The number of aromatic amines is 1. The zero-order chi connectivity index (χ0) is 77.2. The van der Waals surface area contributed by atoms with Gasteiger partial charge in [-0.05, 0) is 213 Å². The highest BCUT2D eigenvalue weighted by Crippen LogP contribution is 2.33. The molecule has 0 radical (unpaired) electrons. The second-order valence-electron chi connectivity index (χ2n) is 27.6. The minimum atomic E-state index is -0.147. The Morgan fingerprint density at radius 1 is 0.477 bits per heavy atom. The highest BCUT2D eigenvalue weighted by atomic mass is 32.1. The summed E-state index contributed by atoms with van der Waals surface area (Å²) in [5.41, 5.74) is 20.6. The van der Waals surface area contributed by atoms with Gasteiger partial charge >= 0.3 is 0 Å². The molecule has 0 aliphatic carbocycles. The van der Waals surface area contributed by atoms with Crippen LogP contribution in [0.1, 0.15) is 120 Å². The number of ether oxygens (including phenoxy) is 2. The van der Waals surface area contributed by atoms with E-state index in [1.54, 1.807) is 50.2 Å². The van der Waals surface area contributed by atoms with Gasteiger partial charge in [0, 0.05) is 150 Å². The van der Waals surface area contributed by atoms with Crippen molar-refractivity contribution in [3.05, 3.63) is 229 Å². The third kappa shape index (κ3) is 18.7. The standard InChI is InChI=1S/C21H22N6OS.C20H22N6OS.C19H21N7S.C19H20N6OS/c1-14-12-17(29-26-14)13-19-24-18-4-9-27(16-2-7-22-8-3-16)20(18)21(25-19)23-15-5-10-28-11-6-15;1-12(2)22-20-19-16(23-17(24-20)11-15-9-13(3)25-28-15)6-8-26(19)14-5-7-21-18(10-14)27-4;1-11(2)22-19-18-15(6-7-26(18)13-4-5-16(20)21-10-13)23-17(24-19)9-14-8-12(3)25-27-14;1-11(2)21-19-18-15(5-7-25(18)13-4-6-20-17(26)9-13)22-16(23-19)10-14-8-12(3)24-27-14/h2-4,7-9,12,15H,5-6,10-11,13H2,1H3,(H,23,24,25);5-10,12H,11H2,1-4H3,(H,22,23,24);4-8,10-11H,9H2,1-3H3,(H2,20,21)(H,22,23,24);4-9,11H,10H2,1-3H3,(H,20,26)(H,21,22,23). The molecule has 17 rings (SSSR count). The second kappa shape index (κ2) is 34.4. The number of methoxy groups -OCH3 is 1. The van der Waals surface area contributed by atoms with Gasteiger partial charge in [0.1, 0.15) is 51.2 Å². The number of nitrogens with two attached hydrogens (primary N) is 1. The molecule has 1 saturated heterocycles.